The molecule has 0 amide bonds. The quantitative estimate of drug-likeness (QED) is 0.797. The number of methoxy groups -OCH3 is 2. The third-order valence-electron chi connectivity index (χ3n) is 5.90. The van der Waals surface area contributed by atoms with Gasteiger partial charge in [-0.2, -0.15) is 0 Å². The van der Waals surface area contributed by atoms with Crippen molar-refractivity contribution >= 4 is 0 Å². The first-order chi connectivity index (χ1) is 9.98. The molecule has 0 N–H and O–H groups in total. The highest BCUT2D eigenvalue weighted by atomic mass is 16.8. The Morgan fingerprint density at radius 2 is 1.71 bits per heavy atom. The van der Waals surface area contributed by atoms with E-state index in [-0.39, 0.29) is 12.2 Å². The summed E-state index contributed by atoms with van der Waals surface area (Å²) in [5.41, 5.74) is 0. The predicted octanol–water partition coefficient (Wildman–Crippen LogP) is 2.00. The van der Waals surface area contributed by atoms with E-state index in [1.807, 2.05) is 13.8 Å². The first kappa shape index (κ1) is 15.7. The molecule has 3 saturated heterocycles. The molecule has 0 saturated carbocycles. The fraction of sp³-hybridized carbons (Fsp3) is 1.00. The normalized spacial score (nSPS) is 50.7. The van der Waals surface area contributed by atoms with Crippen molar-refractivity contribution in [2.75, 3.05) is 27.3 Å². The second-order valence-corrected chi connectivity index (χ2v) is 6.84. The highest BCUT2D eigenvalue weighted by Gasteiger charge is 2.61. The van der Waals surface area contributed by atoms with Gasteiger partial charge in [-0.3, -0.25) is 4.90 Å². The number of hydrogen-bond donors (Lipinski definition) is 0. The summed E-state index contributed by atoms with van der Waals surface area (Å²) in [6, 6.07) is 0.452. The minimum absolute atomic E-state index is 0.0689. The van der Waals surface area contributed by atoms with Gasteiger partial charge >= 0.3 is 0 Å². The number of fused-ring (bicyclic) bond motifs is 3. The molecule has 6 atom stereocenters. The SMILES string of the molecule is CC[C@H]1CN2CCC[C@H]2[C@@H]2O[C@@](C)(OC)[C@](C)(OC)O[C@@H]12. The van der Waals surface area contributed by atoms with Crippen LogP contribution in [0.3, 0.4) is 0 Å². The summed E-state index contributed by atoms with van der Waals surface area (Å²) in [5, 5.41) is 0. The Bertz CT molecular complexity index is 392. The molecule has 3 aliphatic heterocycles. The third kappa shape index (κ3) is 2.25. The molecule has 5 heteroatoms. The van der Waals surface area contributed by atoms with Gasteiger partial charge in [0.1, 0.15) is 6.10 Å². The largest absolute Gasteiger partial charge is 0.349 e. The van der Waals surface area contributed by atoms with Crippen LogP contribution in [0.2, 0.25) is 0 Å². The van der Waals surface area contributed by atoms with Gasteiger partial charge in [-0.1, -0.05) is 6.92 Å². The molecule has 0 aliphatic carbocycles. The zero-order valence-electron chi connectivity index (χ0n) is 13.9. The first-order valence-electron chi connectivity index (χ1n) is 8.18. The van der Waals surface area contributed by atoms with E-state index in [0.29, 0.717) is 12.0 Å². The molecule has 122 valence electrons. The number of hydrogen-bond acceptors (Lipinski definition) is 5. The van der Waals surface area contributed by atoms with Crippen LogP contribution in [0.15, 0.2) is 0 Å². The summed E-state index contributed by atoms with van der Waals surface area (Å²) in [6.45, 7) is 8.35. The van der Waals surface area contributed by atoms with Gasteiger partial charge in [0.15, 0.2) is 0 Å². The summed E-state index contributed by atoms with van der Waals surface area (Å²) in [6.07, 6.45) is 3.68. The van der Waals surface area contributed by atoms with Crippen molar-refractivity contribution in [2.45, 2.75) is 69.9 Å². The summed E-state index contributed by atoms with van der Waals surface area (Å²) < 4.78 is 24.2. The lowest BCUT2D eigenvalue weighted by Crippen LogP contribution is -2.71. The van der Waals surface area contributed by atoms with Crippen LogP contribution in [0.4, 0.5) is 0 Å². The van der Waals surface area contributed by atoms with Crippen LogP contribution in [0.5, 0.6) is 0 Å². The highest BCUT2D eigenvalue weighted by Crippen LogP contribution is 2.46. The van der Waals surface area contributed by atoms with E-state index < -0.39 is 11.6 Å². The van der Waals surface area contributed by atoms with Crippen molar-refractivity contribution in [3.63, 3.8) is 0 Å². The van der Waals surface area contributed by atoms with E-state index in [9.17, 15) is 0 Å². The van der Waals surface area contributed by atoms with Crippen molar-refractivity contribution in [2.24, 2.45) is 5.92 Å². The molecule has 0 radical (unpaired) electrons. The number of rotatable bonds is 3. The van der Waals surface area contributed by atoms with Crippen LogP contribution in [-0.2, 0) is 18.9 Å². The Hall–Kier alpha value is -0.200. The topological polar surface area (TPSA) is 40.2 Å². The fourth-order valence-corrected chi connectivity index (χ4v) is 4.21. The van der Waals surface area contributed by atoms with Gasteiger partial charge < -0.3 is 18.9 Å². The molecule has 0 aromatic heterocycles. The van der Waals surface area contributed by atoms with Crippen LogP contribution in [0, 0.1) is 5.92 Å². The van der Waals surface area contributed by atoms with E-state index in [2.05, 4.69) is 11.8 Å². The van der Waals surface area contributed by atoms with Crippen molar-refractivity contribution in [3.8, 4) is 0 Å². The van der Waals surface area contributed by atoms with E-state index in [1.54, 1.807) is 14.2 Å². The molecular weight excluding hydrogens is 270 g/mol. The van der Waals surface area contributed by atoms with Gasteiger partial charge in [0.2, 0.25) is 11.6 Å². The summed E-state index contributed by atoms with van der Waals surface area (Å²) in [7, 11) is 3.32. The summed E-state index contributed by atoms with van der Waals surface area (Å²) in [5.74, 6) is -1.27. The Labute approximate surface area is 127 Å². The smallest absolute Gasteiger partial charge is 0.220 e. The summed E-state index contributed by atoms with van der Waals surface area (Å²) >= 11 is 0. The molecule has 3 rings (SSSR count). The van der Waals surface area contributed by atoms with Crippen molar-refractivity contribution in [1.82, 2.24) is 4.90 Å². The van der Waals surface area contributed by atoms with Gasteiger partial charge in [0.05, 0.1) is 6.10 Å². The first-order valence-corrected chi connectivity index (χ1v) is 8.18. The lowest BCUT2D eigenvalue weighted by atomic mass is 9.83. The zero-order chi connectivity index (χ0) is 15.3. The predicted molar refractivity (Wildman–Crippen MR) is 79.0 cm³/mol. The number of nitrogens with zero attached hydrogens (tertiary/aromatic N) is 1. The lowest BCUT2D eigenvalue weighted by molar-refractivity contribution is -0.460. The van der Waals surface area contributed by atoms with Crippen LogP contribution < -0.4 is 0 Å². The van der Waals surface area contributed by atoms with Gasteiger partial charge in [-0.25, -0.2) is 0 Å². The molecule has 3 aliphatic rings. The van der Waals surface area contributed by atoms with E-state index in [1.165, 1.54) is 19.4 Å². The maximum Gasteiger partial charge on any atom is 0.220 e. The molecule has 3 fully saturated rings. The van der Waals surface area contributed by atoms with Crippen LogP contribution in [0.1, 0.15) is 40.0 Å². The maximum absolute atomic E-state index is 6.47. The van der Waals surface area contributed by atoms with Gasteiger partial charge in [-0.15, -0.1) is 0 Å². The Kier molecular flexibility index (Phi) is 4.08. The van der Waals surface area contributed by atoms with E-state index >= 15 is 0 Å². The van der Waals surface area contributed by atoms with Crippen molar-refractivity contribution in [3.05, 3.63) is 0 Å². The molecule has 0 spiro atoms. The van der Waals surface area contributed by atoms with Crippen LogP contribution in [0.25, 0.3) is 0 Å². The third-order valence-corrected chi connectivity index (χ3v) is 5.90. The van der Waals surface area contributed by atoms with Crippen molar-refractivity contribution < 1.29 is 18.9 Å². The molecule has 0 bridgehead atoms. The molecule has 3 heterocycles. The second-order valence-electron chi connectivity index (χ2n) is 6.84. The second kappa shape index (κ2) is 5.46. The average Bonchev–Trinajstić information content (AvgIpc) is 2.96. The maximum atomic E-state index is 6.47. The minimum Gasteiger partial charge on any atom is -0.349 e. The number of piperidine rings is 1. The van der Waals surface area contributed by atoms with Gasteiger partial charge in [0.25, 0.3) is 0 Å². The zero-order valence-corrected chi connectivity index (χ0v) is 13.9. The van der Waals surface area contributed by atoms with Crippen LogP contribution in [-0.4, -0.2) is 62.0 Å². The fourth-order valence-electron chi connectivity index (χ4n) is 4.21. The molecule has 0 aromatic carbocycles. The lowest BCUT2D eigenvalue weighted by Gasteiger charge is -2.58. The van der Waals surface area contributed by atoms with Crippen molar-refractivity contribution in [1.29, 1.82) is 0 Å². The average molecular weight is 299 g/mol. The molecular formula is C16H29NO4. The summed E-state index contributed by atoms with van der Waals surface area (Å²) in [4.78, 5) is 2.57. The Morgan fingerprint density at radius 3 is 2.29 bits per heavy atom. The molecule has 5 nitrogen and oxygen atoms in total. The van der Waals surface area contributed by atoms with E-state index in [0.717, 1.165) is 13.0 Å². The molecule has 0 aromatic rings. The highest BCUT2D eigenvalue weighted by molar-refractivity contribution is 5.03. The minimum atomic E-state index is -0.882. The molecule has 21 heavy (non-hydrogen) atoms. The Morgan fingerprint density at radius 1 is 1.10 bits per heavy atom. The Balaban J connectivity index is 1.92. The standard InChI is InChI=1S/C16H29NO4/c1-6-11-10-17-9-7-8-12(17)14-13(11)20-15(2,18-4)16(3,19-5)21-14/h11-14H,6-10H2,1-5H3/t11-,12-,13-,14-,15+,16+/m0/s1. The number of ether oxygens (including phenoxy) is 4. The van der Waals surface area contributed by atoms with Gasteiger partial charge in [-0.05, 0) is 39.7 Å². The monoisotopic (exact) mass is 299 g/mol. The van der Waals surface area contributed by atoms with Gasteiger partial charge in [0, 0.05) is 32.7 Å². The molecule has 0 unspecified atom stereocenters. The van der Waals surface area contributed by atoms with Crippen LogP contribution >= 0.6 is 0 Å². The van der Waals surface area contributed by atoms with E-state index in [4.69, 9.17) is 18.9 Å².